The highest BCUT2D eigenvalue weighted by Crippen LogP contribution is 2.35. The van der Waals surface area contributed by atoms with Gasteiger partial charge in [-0.3, -0.25) is 9.59 Å². The first-order valence-corrected chi connectivity index (χ1v) is 9.30. The van der Waals surface area contributed by atoms with Crippen molar-refractivity contribution in [3.8, 4) is 17.2 Å². The van der Waals surface area contributed by atoms with Crippen molar-refractivity contribution in [2.75, 3.05) is 13.1 Å². The van der Waals surface area contributed by atoms with E-state index in [1.54, 1.807) is 0 Å². The maximum Gasteiger partial charge on any atom is 0.251 e. The molecule has 1 saturated carbocycles. The van der Waals surface area contributed by atoms with Gasteiger partial charge < -0.3 is 25.5 Å². The molecule has 142 valence electrons. The van der Waals surface area contributed by atoms with E-state index in [1.807, 2.05) is 4.90 Å². The number of nitrogens with zero attached hydrogens (tertiary/aromatic N) is 1. The second-order valence-electron chi connectivity index (χ2n) is 7.27. The Morgan fingerprint density at radius 3 is 2.08 bits per heavy atom. The normalized spacial score (nSPS) is 19.3. The second-order valence-corrected chi connectivity index (χ2v) is 7.27. The molecule has 7 nitrogen and oxygen atoms in total. The summed E-state index contributed by atoms with van der Waals surface area (Å²) in [5, 5.41) is 31.3. The smallest absolute Gasteiger partial charge is 0.251 e. The molecule has 0 aromatic heterocycles. The van der Waals surface area contributed by atoms with Gasteiger partial charge in [-0.25, -0.2) is 0 Å². The van der Waals surface area contributed by atoms with Crippen molar-refractivity contribution < 1.29 is 24.9 Å². The standard InChI is InChI=1S/C19H26N2O5/c22-15-10-13(11-16(23)17(15)24)18(25)20-14-6-8-21(9-7-14)19(26)12-4-2-1-3-5-12/h10-12,14,22-24H,1-9H2,(H,20,25). The number of rotatable bonds is 3. The molecular weight excluding hydrogens is 336 g/mol. The molecule has 26 heavy (non-hydrogen) atoms. The van der Waals surface area contributed by atoms with E-state index in [9.17, 15) is 24.9 Å². The van der Waals surface area contributed by atoms with Crippen LogP contribution >= 0.6 is 0 Å². The largest absolute Gasteiger partial charge is 0.504 e. The molecule has 1 heterocycles. The van der Waals surface area contributed by atoms with Gasteiger partial charge in [0.05, 0.1) is 0 Å². The topological polar surface area (TPSA) is 110 Å². The lowest BCUT2D eigenvalue weighted by Gasteiger charge is -2.35. The van der Waals surface area contributed by atoms with E-state index in [-0.39, 0.29) is 23.4 Å². The van der Waals surface area contributed by atoms with E-state index in [0.717, 1.165) is 37.8 Å². The van der Waals surface area contributed by atoms with Crippen LogP contribution in [0.5, 0.6) is 17.2 Å². The van der Waals surface area contributed by atoms with E-state index in [2.05, 4.69) is 5.32 Å². The molecule has 7 heteroatoms. The first kappa shape index (κ1) is 18.4. The number of amides is 2. The molecule has 1 aliphatic heterocycles. The summed E-state index contributed by atoms with van der Waals surface area (Å²) in [4.78, 5) is 26.8. The Bertz CT molecular complexity index is 654. The molecule has 0 radical (unpaired) electrons. The number of phenols is 3. The van der Waals surface area contributed by atoms with Gasteiger partial charge in [0, 0.05) is 30.6 Å². The monoisotopic (exact) mass is 362 g/mol. The zero-order chi connectivity index (χ0) is 18.7. The average Bonchev–Trinajstić information content (AvgIpc) is 2.66. The van der Waals surface area contributed by atoms with Crippen LogP contribution in [0.3, 0.4) is 0 Å². The van der Waals surface area contributed by atoms with Crippen molar-refractivity contribution in [3.05, 3.63) is 17.7 Å². The molecule has 1 aromatic rings. The summed E-state index contributed by atoms with van der Waals surface area (Å²) in [5.41, 5.74) is 0.0820. The van der Waals surface area contributed by atoms with Crippen LogP contribution in [0.15, 0.2) is 12.1 Å². The molecule has 0 unspecified atom stereocenters. The van der Waals surface area contributed by atoms with Crippen LogP contribution in [0, 0.1) is 5.92 Å². The van der Waals surface area contributed by atoms with Gasteiger partial charge in [-0.15, -0.1) is 0 Å². The molecular formula is C19H26N2O5. The van der Waals surface area contributed by atoms with Gasteiger partial charge in [-0.2, -0.15) is 0 Å². The maximum atomic E-state index is 12.6. The van der Waals surface area contributed by atoms with E-state index in [1.165, 1.54) is 6.42 Å². The summed E-state index contributed by atoms with van der Waals surface area (Å²) in [7, 11) is 0. The number of likely N-dealkylation sites (tertiary alicyclic amines) is 1. The van der Waals surface area contributed by atoms with Crippen LogP contribution in [-0.4, -0.2) is 51.2 Å². The number of piperidine rings is 1. The molecule has 2 amide bonds. The molecule has 4 N–H and O–H groups in total. The predicted octanol–water partition coefficient (Wildman–Crippen LogP) is 2.10. The molecule has 3 rings (SSSR count). The van der Waals surface area contributed by atoms with Crippen molar-refractivity contribution in [2.24, 2.45) is 5.92 Å². The number of phenolic OH excluding ortho intramolecular Hbond substituents is 3. The Kier molecular flexibility index (Phi) is 5.54. The number of carbonyl (C=O) groups excluding carboxylic acids is 2. The Labute approximate surface area is 152 Å². The Morgan fingerprint density at radius 2 is 1.50 bits per heavy atom. The quantitative estimate of drug-likeness (QED) is 0.616. The van der Waals surface area contributed by atoms with Crippen LogP contribution in [-0.2, 0) is 4.79 Å². The van der Waals surface area contributed by atoms with Crippen LogP contribution in [0.1, 0.15) is 55.3 Å². The van der Waals surface area contributed by atoms with Crippen LogP contribution in [0.4, 0.5) is 0 Å². The minimum absolute atomic E-state index is 0.0593. The van der Waals surface area contributed by atoms with Crippen LogP contribution in [0.25, 0.3) is 0 Å². The molecule has 2 fully saturated rings. The van der Waals surface area contributed by atoms with E-state index in [4.69, 9.17) is 0 Å². The Balaban J connectivity index is 1.52. The average molecular weight is 362 g/mol. The molecule has 1 saturated heterocycles. The van der Waals surface area contributed by atoms with Gasteiger partial charge in [-0.1, -0.05) is 19.3 Å². The van der Waals surface area contributed by atoms with Gasteiger partial charge in [0.15, 0.2) is 17.2 Å². The number of hydrogen-bond acceptors (Lipinski definition) is 5. The van der Waals surface area contributed by atoms with Crippen LogP contribution in [0.2, 0.25) is 0 Å². The summed E-state index contributed by atoms with van der Waals surface area (Å²) in [6.45, 7) is 1.26. The van der Waals surface area contributed by atoms with Crippen molar-refractivity contribution in [2.45, 2.75) is 51.0 Å². The highest BCUT2D eigenvalue weighted by atomic mass is 16.3. The Morgan fingerprint density at radius 1 is 0.923 bits per heavy atom. The third kappa shape index (κ3) is 4.03. The Hall–Kier alpha value is -2.44. The fourth-order valence-electron chi connectivity index (χ4n) is 3.86. The lowest BCUT2D eigenvalue weighted by Crippen LogP contribution is -2.48. The van der Waals surface area contributed by atoms with Crippen molar-refractivity contribution in [1.29, 1.82) is 0 Å². The van der Waals surface area contributed by atoms with Crippen molar-refractivity contribution in [3.63, 3.8) is 0 Å². The summed E-state index contributed by atoms with van der Waals surface area (Å²) in [5.74, 6) is -1.73. The van der Waals surface area contributed by atoms with Crippen LogP contribution < -0.4 is 5.32 Å². The predicted molar refractivity (Wildman–Crippen MR) is 95.1 cm³/mol. The zero-order valence-corrected chi connectivity index (χ0v) is 14.8. The highest BCUT2D eigenvalue weighted by Gasteiger charge is 2.29. The molecule has 1 aromatic carbocycles. The number of benzene rings is 1. The van der Waals surface area contributed by atoms with Crippen molar-refractivity contribution in [1.82, 2.24) is 10.2 Å². The van der Waals surface area contributed by atoms with Gasteiger partial charge in [0.1, 0.15) is 0 Å². The number of nitrogens with one attached hydrogen (secondary N) is 1. The van der Waals surface area contributed by atoms with E-state index in [0.29, 0.717) is 25.9 Å². The lowest BCUT2D eigenvalue weighted by atomic mass is 9.87. The molecule has 0 atom stereocenters. The first-order chi connectivity index (χ1) is 12.5. The lowest BCUT2D eigenvalue weighted by molar-refractivity contribution is -0.137. The minimum atomic E-state index is -0.643. The zero-order valence-electron chi connectivity index (χ0n) is 14.8. The third-order valence-corrected chi connectivity index (χ3v) is 5.43. The van der Waals surface area contributed by atoms with E-state index >= 15 is 0 Å². The van der Waals surface area contributed by atoms with Gasteiger partial charge in [0.2, 0.25) is 5.91 Å². The van der Waals surface area contributed by atoms with E-state index < -0.39 is 23.2 Å². The highest BCUT2D eigenvalue weighted by molar-refractivity contribution is 5.95. The fourth-order valence-corrected chi connectivity index (χ4v) is 3.86. The minimum Gasteiger partial charge on any atom is -0.504 e. The third-order valence-electron chi connectivity index (χ3n) is 5.43. The maximum absolute atomic E-state index is 12.6. The summed E-state index contributed by atoms with van der Waals surface area (Å²) < 4.78 is 0. The molecule has 1 aliphatic carbocycles. The molecule has 0 bridgehead atoms. The summed E-state index contributed by atoms with van der Waals surface area (Å²) in [6, 6.07) is 2.18. The summed E-state index contributed by atoms with van der Waals surface area (Å²) >= 11 is 0. The van der Waals surface area contributed by atoms with Gasteiger partial charge in [0.25, 0.3) is 5.91 Å². The number of carbonyl (C=O) groups is 2. The number of aromatic hydroxyl groups is 3. The second kappa shape index (κ2) is 7.85. The van der Waals surface area contributed by atoms with Crippen molar-refractivity contribution >= 4 is 11.8 Å². The number of hydrogen-bond donors (Lipinski definition) is 4. The van der Waals surface area contributed by atoms with Gasteiger partial charge in [-0.05, 0) is 37.8 Å². The van der Waals surface area contributed by atoms with Gasteiger partial charge >= 0.3 is 0 Å². The molecule has 2 aliphatic rings. The fraction of sp³-hybridized carbons (Fsp3) is 0.579. The molecule has 0 spiro atoms. The SMILES string of the molecule is O=C(NC1CCN(C(=O)C2CCCCC2)CC1)c1cc(O)c(O)c(O)c1. The summed E-state index contributed by atoms with van der Waals surface area (Å²) in [6.07, 6.45) is 6.83. The first-order valence-electron chi connectivity index (χ1n) is 9.30.